The van der Waals surface area contributed by atoms with Gasteiger partial charge in [0.15, 0.2) is 11.5 Å². The molecule has 3 rings (SSSR count). The molecule has 0 bridgehead atoms. The molecular formula is C24H30FN5O4. The lowest BCUT2D eigenvalue weighted by Gasteiger charge is -2.20. The van der Waals surface area contributed by atoms with Crippen molar-refractivity contribution < 1.29 is 23.8 Å². The second kappa shape index (κ2) is 10.2. The van der Waals surface area contributed by atoms with E-state index in [9.17, 15) is 19.1 Å². The molecule has 0 saturated heterocycles. The van der Waals surface area contributed by atoms with Gasteiger partial charge in [-0.1, -0.05) is 23.5 Å². The lowest BCUT2D eigenvalue weighted by molar-refractivity contribution is -0.142. The van der Waals surface area contributed by atoms with Crippen molar-refractivity contribution in [3.05, 3.63) is 23.4 Å². The largest absolute Gasteiger partial charge is 0.481 e. The van der Waals surface area contributed by atoms with Crippen LogP contribution < -0.4 is 5.32 Å². The zero-order valence-electron chi connectivity index (χ0n) is 20.1. The highest BCUT2D eigenvalue weighted by molar-refractivity contribution is 5.88. The van der Waals surface area contributed by atoms with Gasteiger partial charge < -0.3 is 9.84 Å². The normalized spacial score (nSPS) is 18.6. The number of carboxylic acid groups (broad SMARTS) is 1. The van der Waals surface area contributed by atoms with Crippen LogP contribution in [0.25, 0.3) is 11.4 Å². The quantitative estimate of drug-likeness (QED) is 0.609. The highest BCUT2D eigenvalue weighted by atomic mass is 19.1. The fourth-order valence-electron chi connectivity index (χ4n) is 4.13. The van der Waals surface area contributed by atoms with Crippen molar-refractivity contribution in [1.82, 2.24) is 20.0 Å². The average Bonchev–Trinajstić information content (AvgIpc) is 3.32. The van der Waals surface area contributed by atoms with Crippen molar-refractivity contribution >= 4 is 17.9 Å². The maximum absolute atomic E-state index is 13.8. The molecular weight excluding hydrogens is 441 g/mol. The van der Waals surface area contributed by atoms with Crippen molar-refractivity contribution in [2.75, 3.05) is 5.32 Å². The molecule has 10 heteroatoms. The molecule has 182 valence electrons. The minimum atomic E-state index is -1.46. The molecule has 1 fully saturated rings. The second-order valence-corrected chi connectivity index (χ2v) is 9.25. The Hall–Kier alpha value is -3.48. The number of carboxylic acids is 1. The summed E-state index contributed by atoms with van der Waals surface area (Å²) < 4.78 is 20.4. The van der Waals surface area contributed by atoms with Crippen LogP contribution in [0.2, 0.25) is 0 Å². The fraction of sp³-hybridized carbons (Fsp3) is 0.542. The molecule has 0 unspecified atom stereocenters. The summed E-state index contributed by atoms with van der Waals surface area (Å²) in [6.07, 6.45) is 0.993. The number of amides is 1. The van der Waals surface area contributed by atoms with E-state index in [1.807, 2.05) is 0 Å². The molecule has 2 aromatic heterocycles. The van der Waals surface area contributed by atoms with Crippen LogP contribution in [0.1, 0.15) is 57.7 Å². The number of ether oxygens (including phenoxy) is 1. The number of hydrogen-bond donors (Lipinski definition) is 2. The maximum atomic E-state index is 13.8. The molecule has 0 spiro atoms. The SMILES string of the molecule is Cc1nc(-c2nnn(C)c2NC(=O)O[C@H](C)CC(C)(C)F)ccc1C#C[C@@H]1CCC[C@H]1C(=O)O. The Kier molecular flexibility index (Phi) is 7.54. The molecule has 1 saturated carbocycles. The summed E-state index contributed by atoms with van der Waals surface area (Å²) in [6.45, 7) is 6.27. The van der Waals surface area contributed by atoms with Gasteiger partial charge in [-0.05, 0) is 52.7 Å². The van der Waals surface area contributed by atoms with Crippen LogP contribution in [0.4, 0.5) is 15.0 Å². The summed E-state index contributed by atoms with van der Waals surface area (Å²) >= 11 is 0. The summed E-state index contributed by atoms with van der Waals surface area (Å²) in [6, 6.07) is 3.51. The Morgan fingerprint density at radius 1 is 1.38 bits per heavy atom. The van der Waals surface area contributed by atoms with Gasteiger partial charge in [-0.25, -0.2) is 18.9 Å². The van der Waals surface area contributed by atoms with Crippen molar-refractivity contribution in [3.8, 4) is 23.2 Å². The van der Waals surface area contributed by atoms with Crippen LogP contribution in [-0.2, 0) is 16.6 Å². The average molecular weight is 472 g/mol. The van der Waals surface area contributed by atoms with Gasteiger partial charge in [-0.2, -0.15) is 0 Å². The third kappa shape index (κ3) is 6.31. The zero-order chi connectivity index (χ0) is 25.0. The molecule has 34 heavy (non-hydrogen) atoms. The van der Waals surface area contributed by atoms with Crippen LogP contribution in [0, 0.1) is 30.6 Å². The predicted molar refractivity (Wildman–Crippen MR) is 124 cm³/mol. The number of alkyl halides is 1. The number of halogens is 1. The highest BCUT2D eigenvalue weighted by Crippen LogP contribution is 2.31. The Morgan fingerprint density at radius 3 is 2.76 bits per heavy atom. The number of hydrogen-bond acceptors (Lipinski definition) is 6. The predicted octanol–water partition coefficient (Wildman–Crippen LogP) is 4.11. The number of aliphatic carboxylic acids is 1. The van der Waals surface area contributed by atoms with E-state index >= 15 is 0 Å². The van der Waals surface area contributed by atoms with Gasteiger partial charge in [0, 0.05) is 24.9 Å². The third-order valence-electron chi connectivity index (χ3n) is 5.68. The zero-order valence-corrected chi connectivity index (χ0v) is 20.1. The molecule has 0 aliphatic heterocycles. The maximum Gasteiger partial charge on any atom is 0.413 e. The molecule has 1 aliphatic carbocycles. The molecule has 0 aromatic carbocycles. The number of rotatable bonds is 6. The van der Waals surface area contributed by atoms with Gasteiger partial charge in [0.05, 0.1) is 17.3 Å². The number of nitrogens with one attached hydrogen (secondary N) is 1. The first-order valence-corrected chi connectivity index (χ1v) is 11.2. The minimum absolute atomic E-state index is 0.0637. The Balaban J connectivity index is 1.75. The van der Waals surface area contributed by atoms with Crippen molar-refractivity contribution in [2.45, 2.75) is 65.2 Å². The number of aromatic nitrogens is 4. The summed E-state index contributed by atoms with van der Waals surface area (Å²) in [5, 5.41) is 20.0. The summed E-state index contributed by atoms with van der Waals surface area (Å²) in [5.74, 6) is 5.08. The van der Waals surface area contributed by atoms with Crippen molar-refractivity contribution in [3.63, 3.8) is 0 Å². The monoisotopic (exact) mass is 471 g/mol. The lowest BCUT2D eigenvalue weighted by Crippen LogP contribution is -2.27. The fourth-order valence-corrected chi connectivity index (χ4v) is 4.13. The van der Waals surface area contributed by atoms with Crippen LogP contribution in [-0.4, -0.2) is 48.9 Å². The van der Waals surface area contributed by atoms with E-state index in [-0.39, 0.29) is 18.2 Å². The first-order chi connectivity index (χ1) is 15.9. The Labute approximate surface area is 198 Å². The smallest absolute Gasteiger partial charge is 0.413 e. The topological polar surface area (TPSA) is 119 Å². The third-order valence-corrected chi connectivity index (χ3v) is 5.68. The number of carbonyl (C=O) groups excluding carboxylic acids is 1. The minimum Gasteiger partial charge on any atom is -0.481 e. The Morgan fingerprint density at radius 2 is 2.12 bits per heavy atom. The number of anilines is 1. The highest BCUT2D eigenvalue weighted by Gasteiger charge is 2.31. The van der Waals surface area contributed by atoms with Gasteiger partial charge in [-0.15, -0.1) is 5.10 Å². The van der Waals surface area contributed by atoms with Gasteiger partial charge in [0.1, 0.15) is 11.8 Å². The van der Waals surface area contributed by atoms with Gasteiger partial charge in [-0.3, -0.25) is 10.1 Å². The van der Waals surface area contributed by atoms with Crippen molar-refractivity contribution in [2.24, 2.45) is 18.9 Å². The van der Waals surface area contributed by atoms with E-state index < -0.39 is 29.8 Å². The second-order valence-electron chi connectivity index (χ2n) is 9.25. The van der Waals surface area contributed by atoms with E-state index in [0.29, 0.717) is 29.1 Å². The molecule has 2 aromatic rings. The van der Waals surface area contributed by atoms with Crippen molar-refractivity contribution in [1.29, 1.82) is 0 Å². The number of carbonyl (C=O) groups is 2. The van der Waals surface area contributed by atoms with Crippen LogP contribution >= 0.6 is 0 Å². The molecule has 9 nitrogen and oxygen atoms in total. The number of aryl methyl sites for hydroxylation is 2. The molecule has 3 atom stereocenters. The molecule has 0 radical (unpaired) electrons. The van der Waals surface area contributed by atoms with E-state index in [4.69, 9.17) is 4.74 Å². The number of pyridine rings is 1. The lowest BCUT2D eigenvalue weighted by atomic mass is 9.96. The van der Waals surface area contributed by atoms with Crippen LogP contribution in [0.15, 0.2) is 12.1 Å². The van der Waals surface area contributed by atoms with Gasteiger partial charge in [0.2, 0.25) is 0 Å². The van der Waals surface area contributed by atoms with Gasteiger partial charge >= 0.3 is 12.1 Å². The van der Waals surface area contributed by atoms with E-state index in [1.54, 1.807) is 33.0 Å². The summed E-state index contributed by atoms with van der Waals surface area (Å²) in [7, 11) is 1.62. The van der Waals surface area contributed by atoms with Gasteiger partial charge in [0.25, 0.3) is 0 Å². The van der Waals surface area contributed by atoms with Crippen LogP contribution in [0.3, 0.4) is 0 Å². The molecule has 2 heterocycles. The summed E-state index contributed by atoms with van der Waals surface area (Å²) in [4.78, 5) is 28.3. The molecule has 1 aliphatic rings. The van der Waals surface area contributed by atoms with Crippen LogP contribution in [0.5, 0.6) is 0 Å². The number of nitrogens with zero attached hydrogens (tertiary/aromatic N) is 4. The first kappa shape index (κ1) is 25.1. The van der Waals surface area contributed by atoms with E-state index in [0.717, 1.165) is 12.8 Å². The first-order valence-electron chi connectivity index (χ1n) is 11.2. The standard InChI is InChI=1S/C24H30FN5O4/c1-14(13-24(3,4)25)34-23(33)27-21-20(28-29-30(21)5)19-12-11-16(15(2)26-19)9-10-17-7-6-8-18(17)22(31)32/h11-12,14,17-18H,6-8,13H2,1-5H3,(H,27,33)(H,31,32)/t14-,17+,18-/m1/s1. The van der Waals surface area contributed by atoms with E-state index in [1.165, 1.54) is 18.5 Å². The van der Waals surface area contributed by atoms with E-state index in [2.05, 4.69) is 32.5 Å². The molecule has 1 amide bonds. The summed E-state index contributed by atoms with van der Waals surface area (Å²) in [5.41, 5.74) is 0.709. The Bertz CT molecular complexity index is 1130. The molecule has 2 N–H and O–H groups in total.